The molecule has 0 spiro atoms. The third-order valence-electron chi connectivity index (χ3n) is 0.692. The van der Waals surface area contributed by atoms with E-state index in [1.165, 1.54) is 12.3 Å². The number of H-pyrrole nitrogens is 1. The number of hydrogen-bond acceptors (Lipinski definition) is 3. The van der Waals surface area contributed by atoms with Crippen LogP contribution in [0, 0.1) is 0 Å². The van der Waals surface area contributed by atoms with Crippen molar-refractivity contribution >= 4 is 5.82 Å². The van der Waals surface area contributed by atoms with Gasteiger partial charge in [-0.25, -0.2) is 4.79 Å². The first-order valence-corrected chi connectivity index (χ1v) is 2.10. The molecule has 0 aliphatic rings. The lowest BCUT2D eigenvalue weighted by atomic mass is 10.7. The average molecular weight is 113 g/mol. The molecular weight excluding hydrogens is 108 g/mol. The largest absolute Gasteiger partial charge is 0.383 e. The summed E-state index contributed by atoms with van der Waals surface area (Å²) >= 11 is 0. The number of aromatic amines is 1. The van der Waals surface area contributed by atoms with E-state index in [2.05, 4.69) is 9.97 Å². The Balaban J connectivity index is 3.28. The maximum absolute atomic E-state index is 10.2. The summed E-state index contributed by atoms with van der Waals surface area (Å²) in [5, 5.41) is 0. The van der Waals surface area contributed by atoms with Crippen molar-refractivity contribution in [1.29, 1.82) is 0 Å². The molecule has 4 nitrogen and oxygen atoms in total. The molecule has 0 amide bonds. The predicted molar refractivity (Wildman–Crippen MR) is 29.3 cm³/mol. The second kappa shape index (κ2) is 1.65. The molecular formula is C4H5N3O. The summed E-state index contributed by atoms with van der Waals surface area (Å²) in [6.45, 7) is 0. The van der Waals surface area contributed by atoms with Crippen molar-refractivity contribution < 1.29 is 0 Å². The van der Waals surface area contributed by atoms with E-state index in [1.807, 2.05) is 0 Å². The molecule has 1 heterocycles. The van der Waals surface area contributed by atoms with Crippen LogP contribution in [0.4, 0.5) is 5.82 Å². The molecule has 0 aromatic carbocycles. The fourth-order valence-electron chi connectivity index (χ4n) is 0.385. The zero-order valence-corrected chi connectivity index (χ0v) is 4.09. The van der Waals surface area contributed by atoms with Gasteiger partial charge >= 0.3 is 5.69 Å². The Morgan fingerprint density at radius 3 is 2.88 bits per heavy atom. The number of anilines is 1. The highest BCUT2D eigenvalue weighted by molar-refractivity contribution is 5.22. The number of aromatic nitrogens is 2. The van der Waals surface area contributed by atoms with Crippen LogP contribution in [0.3, 0.4) is 0 Å². The zero-order chi connectivity index (χ0) is 5.98. The lowest BCUT2D eigenvalue weighted by Gasteiger charge is -1.83. The van der Waals surface area contributed by atoms with Gasteiger partial charge < -0.3 is 10.7 Å². The number of nitrogens with one attached hydrogen (secondary N) is 1. The van der Waals surface area contributed by atoms with E-state index in [1.54, 1.807) is 0 Å². The summed E-state index contributed by atoms with van der Waals surface area (Å²) in [6.07, 6.45) is 1.45. The van der Waals surface area contributed by atoms with Gasteiger partial charge in [0.1, 0.15) is 5.82 Å². The smallest absolute Gasteiger partial charge is 0.346 e. The van der Waals surface area contributed by atoms with Crippen molar-refractivity contribution in [3.05, 3.63) is 22.7 Å². The first kappa shape index (κ1) is 4.83. The molecule has 1 aromatic heterocycles. The first-order valence-electron chi connectivity index (χ1n) is 2.10. The molecule has 1 aromatic rings. The normalized spacial score (nSPS) is 9.00. The lowest BCUT2D eigenvalue weighted by Crippen LogP contribution is -2.10. The van der Waals surface area contributed by atoms with Crippen molar-refractivity contribution in [2.45, 2.75) is 0 Å². The molecule has 0 saturated heterocycles. The molecule has 1 rings (SSSR count). The maximum Gasteiger partial charge on any atom is 0.346 e. The Labute approximate surface area is 45.4 Å². The highest BCUT2D eigenvalue weighted by Gasteiger charge is 1.81. The second-order valence-electron chi connectivity index (χ2n) is 1.32. The van der Waals surface area contributed by atoms with Gasteiger partial charge in [0.25, 0.3) is 0 Å². The van der Waals surface area contributed by atoms with Crippen molar-refractivity contribution in [3.63, 3.8) is 0 Å². The Bertz CT molecular complexity index is 229. The van der Waals surface area contributed by atoms with Gasteiger partial charge in [-0.2, -0.15) is 4.98 Å². The molecule has 4 heteroatoms. The molecule has 0 bridgehead atoms. The minimum atomic E-state index is -0.412. The molecule has 0 aliphatic carbocycles. The summed E-state index contributed by atoms with van der Waals surface area (Å²) in [5.41, 5.74) is 4.72. The molecule has 3 N–H and O–H groups in total. The third kappa shape index (κ3) is 0.841. The summed E-state index contributed by atoms with van der Waals surface area (Å²) in [4.78, 5) is 15.9. The molecule has 42 valence electrons. The van der Waals surface area contributed by atoms with Gasteiger partial charge in [-0.15, -0.1) is 0 Å². The van der Waals surface area contributed by atoms with Crippen LogP contribution in [0.15, 0.2) is 17.1 Å². The van der Waals surface area contributed by atoms with Gasteiger partial charge in [-0.1, -0.05) is 0 Å². The molecule has 0 radical (unpaired) electrons. The van der Waals surface area contributed by atoms with E-state index in [0.29, 0.717) is 0 Å². The van der Waals surface area contributed by atoms with E-state index in [4.69, 9.17) is 5.73 Å². The van der Waals surface area contributed by atoms with E-state index >= 15 is 0 Å². The second-order valence-corrected chi connectivity index (χ2v) is 1.32. The molecule has 0 fully saturated rings. The van der Waals surface area contributed by atoms with Crippen LogP contribution in [0.5, 0.6) is 0 Å². The summed E-state index contributed by atoms with van der Waals surface area (Å²) in [6, 6.07) is 1.52. The summed E-state index contributed by atoms with van der Waals surface area (Å²) in [5.74, 6) is 0.244. The van der Waals surface area contributed by atoms with E-state index in [-0.39, 0.29) is 5.82 Å². The van der Waals surface area contributed by atoms with Gasteiger partial charge in [0.05, 0.1) is 0 Å². The van der Waals surface area contributed by atoms with Crippen molar-refractivity contribution in [2.75, 3.05) is 5.73 Å². The fourth-order valence-corrected chi connectivity index (χ4v) is 0.385. The van der Waals surface area contributed by atoms with Gasteiger partial charge in [0.15, 0.2) is 0 Å². The van der Waals surface area contributed by atoms with E-state index in [9.17, 15) is 4.79 Å². The number of nitrogens with two attached hydrogens (primary N) is 1. The van der Waals surface area contributed by atoms with Crippen LogP contribution in [-0.2, 0) is 0 Å². The minimum Gasteiger partial charge on any atom is -0.383 e. The Morgan fingerprint density at radius 1 is 1.75 bits per heavy atom. The number of nitrogen functional groups attached to an aromatic ring is 1. The highest BCUT2D eigenvalue weighted by Crippen LogP contribution is 1.82. The Kier molecular flexibility index (Phi) is 0.997. The van der Waals surface area contributed by atoms with E-state index in [0.717, 1.165) is 0 Å². The average Bonchev–Trinajstić information content (AvgIpc) is 1.64. The quantitative estimate of drug-likeness (QED) is 0.469. The first-order chi connectivity index (χ1) is 3.79. The fraction of sp³-hybridized carbons (Fsp3) is 0. The third-order valence-corrected chi connectivity index (χ3v) is 0.692. The van der Waals surface area contributed by atoms with Crippen LogP contribution >= 0.6 is 0 Å². The van der Waals surface area contributed by atoms with Crippen LogP contribution in [-0.4, -0.2) is 9.97 Å². The number of hydrogen-bond donors (Lipinski definition) is 2. The molecule has 0 unspecified atom stereocenters. The van der Waals surface area contributed by atoms with E-state index < -0.39 is 5.69 Å². The molecule has 0 saturated carbocycles. The van der Waals surface area contributed by atoms with Crippen molar-refractivity contribution in [2.24, 2.45) is 0 Å². The topological polar surface area (TPSA) is 71.8 Å². The van der Waals surface area contributed by atoms with Crippen molar-refractivity contribution in [1.82, 2.24) is 9.97 Å². The van der Waals surface area contributed by atoms with Crippen LogP contribution in [0.1, 0.15) is 0 Å². The Morgan fingerprint density at radius 2 is 2.50 bits per heavy atom. The summed E-state index contributed by atoms with van der Waals surface area (Å²) < 4.78 is 0. The maximum atomic E-state index is 10.2. The monoisotopic (exact) mass is 113 g/mol. The highest BCUT2D eigenvalue weighted by atomic mass is 16.2. The number of nitrogens with zero attached hydrogens (tertiary/aromatic N) is 1. The molecule has 0 atom stereocenters. The Hall–Kier alpha value is -1.32. The van der Waals surface area contributed by atoms with Crippen LogP contribution in [0.25, 0.3) is 0 Å². The van der Waals surface area contributed by atoms with Gasteiger partial charge in [0.2, 0.25) is 0 Å². The number of rotatable bonds is 0. The summed E-state index contributed by atoms with van der Waals surface area (Å²) in [7, 11) is 0. The van der Waals surface area contributed by atoms with Crippen molar-refractivity contribution in [3.8, 4) is 0 Å². The van der Waals surface area contributed by atoms with Gasteiger partial charge in [-0.05, 0) is 6.07 Å². The zero-order valence-electron chi connectivity index (χ0n) is 4.09. The van der Waals surface area contributed by atoms with Crippen LogP contribution in [0.2, 0.25) is 0 Å². The molecule has 0 aliphatic heterocycles. The lowest BCUT2D eigenvalue weighted by molar-refractivity contribution is 1.08. The van der Waals surface area contributed by atoms with Gasteiger partial charge in [0, 0.05) is 6.20 Å². The van der Waals surface area contributed by atoms with Gasteiger partial charge in [-0.3, -0.25) is 0 Å². The SMILES string of the molecule is Nc1cc[15nH]c(=O)[15n]1. The predicted octanol–water partition coefficient (Wildman–Crippen LogP) is -0.648. The minimum absolute atomic E-state index is 0.244. The standard InChI is InChI=1S/C4H5N3O/c5-3-1-2-6-4(8)7-3/h1-2H,(H3,5,6,7,8)/i6+1,7+1. The van der Waals surface area contributed by atoms with Crippen LogP contribution < -0.4 is 11.4 Å². The molecule has 8 heavy (non-hydrogen) atoms.